The second-order valence-corrected chi connectivity index (χ2v) is 4.56. The molecule has 0 amide bonds. The number of ether oxygens (including phenoxy) is 1. The highest BCUT2D eigenvalue weighted by atomic mass is 16.5. The summed E-state index contributed by atoms with van der Waals surface area (Å²) in [6.45, 7) is 1.60. The lowest BCUT2D eigenvalue weighted by Crippen LogP contribution is -2.41. The number of aromatic nitrogens is 2. The molecule has 18 heavy (non-hydrogen) atoms. The van der Waals surface area contributed by atoms with Gasteiger partial charge in [-0.2, -0.15) is 5.10 Å². The van der Waals surface area contributed by atoms with Crippen LogP contribution in [0.25, 0.3) is 0 Å². The summed E-state index contributed by atoms with van der Waals surface area (Å²) >= 11 is 0. The fourth-order valence-electron chi connectivity index (χ4n) is 2.00. The predicted octanol–water partition coefficient (Wildman–Crippen LogP) is -0.641. The lowest BCUT2D eigenvalue weighted by Gasteiger charge is -2.20. The van der Waals surface area contributed by atoms with Gasteiger partial charge in [-0.1, -0.05) is 0 Å². The Bertz CT molecular complexity index is 437. The van der Waals surface area contributed by atoms with Crippen LogP contribution >= 0.6 is 0 Å². The molecule has 2 heterocycles. The first-order chi connectivity index (χ1) is 8.52. The van der Waals surface area contributed by atoms with Gasteiger partial charge in [0.15, 0.2) is 0 Å². The van der Waals surface area contributed by atoms with Gasteiger partial charge in [0.2, 0.25) is 0 Å². The fraction of sp³-hybridized carbons (Fsp3) is 0.636. The van der Waals surface area contributed by atoms with Crippen molar-refractivity contribution in [1.82, 2.24) is 15.1 Å². The van der Waals surface area contributed by atoms with E-state index < -0.39 is 11.6 Å². The normalized spacial score (nSPS) is 23.4. The highest BCUT2D eigenvalue weighted by Gasteiger charge is 2.31. The van der Waals surface area contributed by atoms with Crippen molar-refractivity contribution in [2.75, 3.05) is 19.8 Å². The maximum atomic E-state index is 11.0. The lowest BCUT2D eigenvalue weighted by atomic mass is 10.0. The average molecular weight is 255 g/mol. The number of nitrogens with one attached hydrogen (secondary N) is 1. The van der Waals surface area contributed by atoms with Crippen molar-refractivity contribution in [3.63, 3.8) is 0 Å². The van der Waals surface area contributed by atoms with Crippen LogP contribution in [0.3, 0.4) is 0 Å². The second-order valence-electron chi connectivity index (χ2n) is 4.56. The van der Waals surface area contributed by atoms with Gasteiger partial charge in [0, 0.05) is 33.2 Å². The quantitative estimate of drug-likeness (QED) is 0.647. The maximum absolute atomic E-state index is 11.0. The standard InChI is InChI=1S/C11H17N3O4/c1-14-9(8(4-13-14)10(15)16)5-12-6-11(17)2-3-18-7-11/h4,12,17H,2-3,5-7H2,1H3,(H,15,16). The summed E-state index contributed by atoms with van der Waals surface area (Å²) in [7, 11) is 1.69. The third kappa shape index (κ3) is 2.69. The summed E-state index contributed by atoms with van der Waals surface area (Å²) in [6.07, 6.45) is 1.92. The van der Waals surface area contributed by atoms with Crippen LogP contribution in [-0.4, -0.2) is 51.3 Å². The molecule has 7 nitrogen and oxygen atoms in total. The molecule has 1 unspecified atom stereocenters. The van der Waals surface area contributed by atoms with Crippen LogP contribution in [0.1, 0.15) is 22.5 Å². The zero-order valence-electron chi connectivity index (χ0n) is 10.2. The number of carboxylic acid groups (broad SMARTS) is 1. The van der Waals surface area contributed by atoms with Crippen molar-refractivity contribution in [3.05, 3.63) is 17.5 Å². The lowest BCUT2D eigenvalue weighted by molar-refractivity contribution is 0.0267. The first-order valence-electron chi connectivity index (χ1n) is 5.77. The van der Waals surface area contributed by atoms with Gasteiger partial charge in [0.05, 0.1) is 18.5 Å². The Balaban J connectivity index is 1.94. The van der Waals surface area contributed by atoms with Crippen LogP contribution in [-0.2, 0) is 18.3 Å². The summed E-state index contributed by atoms with van der Waals surface area (Å²) in [6, 6.07) is 0. The molecule has 1 aliphatic rings. The Kier molecular flexibility index (Phi) is 3.65. The molecule has 7 heteroatoms. The van der Waals surface area contributed by atoms with E-state index in [0.717, 1.165) is 0 Å². The highest BCUT2D eigenvalue weighted by Crippen LogP contribution is 2.17. The molecule has 1 saturated heterocycles. The fourth-order valence-corrected chi connectivity index (χ4v) is 2.00. The van der Waals surface area contributed by atoms with Crippen LogP contribution in [0, 0.1) is 0 Å². The van der Waals surface area contributed by atoms with E-state index >= 15 is 0 Å². The van der Waals surface area contributed by atoms with Crippen molar-refractivity contribution in [1.29, 1.82) is 0 Å². The molecule has 0 saturated carbocycles. The number of carbonyl (C=O) groups is 1. The molecule has 100 valence electrons. The molecule has 1 atom stereocenters. The molecule has 1 aliphatic heterocycles. The van der Waals surface area contributed by atoms with E-state index in [1.807, 2.05) is 0 Å². The number of nitrogens with zero attached hydrogens (tertiary/aromatic N) is 2. The van der Waals surface area contributed by atoms with Gasteiger partial charge in [-0.05, 0) is 0 Å². The molecule has 1 fully saturated rings. The van der Waals surface area contributed by atoms with E-state index in [-0.39, 0.29) is 5.56 Å². The molecular formula is C11H17N3O4. The number of aliphatic hydroxyl groups is 1. The van der Waals surface area contributed by atoms with Crippen molar-refractivity contribution >= 4 is 5.97 Å². The molecule has 0 aromatic carbocycles. The first-order valence-corrected chi connectivity index (χ1v) is 5.77. The minimum atomic E-state index is -0.997. The number of rotatable bonds is 5. The van der Waals surface area contributed by atoms with Crippen molar-refractivity contribution in [2.45, 2.75) is 18.6 Å². The molecule has 1 aromatic rings. The van der Waals surface area contributed by atoms with E-state index in [1.54, 1.807) is 7.05 Å². The topological polar surface area (TPSA) is 96.6 Å². The van der Waals surface area contributed by atoms with E-state index in [4.69, 9.17) is 9.84 Å². The minimum Gasteiger partial charge on any atom is -0.478 e. The van der Waals surface area contributed by atoms with Crippen molar-refractivity contribution in [2.24, 2.45) is 7.05 Å². The molecular weight excluding hydrogens is 238 g/mol. The molecule has 0 radical (unpaired) electrons. The number of aromatic carboxylic acids is 1. The SMILES string of the molecule is Cn1ncc(C(=O)O)c1CNCC1(O)CCOC1. The maximum Gasteiger partial charge on any atom is 0.339 e. The van der Waals surface area contributed by atoms with Crippen LogP contribution in [0.4, 0.5) is 0 Å². The largest absolute Gasteiger partial charge is 0.478 e. The van der Waals surface area contributed by atoms with E-state index in [2.05, 4.69) is 10.4 Å². The predicted molar refractivity (Wildman–Crippen MR) is 62.3 cm³/mol. The third-order valence-corrected chi connectivity index (χ3v) is 3.12. The number of aryl methyl sites for hydroxylation is 1. The van der Waals surface area contributed by atoms with Crippen LogP contribution in [0.15, 0.2) is 6.20 Å². The summed E-state index contributed by atoms with van der Waals surface area (Å²) in [5, 5.41) is 26.0. The number of carboxylic acids is 1. The molecule has 0 bridgehead atoms. The van der Waals surface area contributed by atoms with Crippen LogP contribution < -0.4 is 5.32 Å². The zero-order valence-corrected chi connectivity index (χ0v) is 10.2. The van der Waals surface area contributed by atoms with Gasteiger partial charge in [-0.25, -0.2) is 4.79 Å². The van der Waals surface area contributed by atoms with Crippen molar-refractivity contribution in [3.8, 4) is 0 Å². The molecule has 0 spiro atoms. The Labute approximate surface area is 104 Å². The first kappa shape index (κ1) is 13.0. The van der Waals surface area contributed by atoms with Gasteiger partial charge in [-0.3, -0.25) is 4.68 Å². The summed E-state index contributed by atoms with van der Waals surface area (Å²) in [4.78, 5) is 11.0. The Morgan fingerprint density at radius 2 is 2.50 bits per heavy atom. The molecule has 0 aliphatic carbocycles. The summed E-state index contributed by atoms with van der Waals surface area (Å²) in [5.41, 5.74) is -0.0770. The van der Waals surface area contributed by atoms with Crippen LogP contribution in [0.2, 0.25) is 0 Å². The zero-order chi connectivity index (χ0) is 13.2. The van der Waals surface area contributed by atoms with Gasteiger partial charge < -0.3 is 20.3 Å². The Hall–Kier alpha value is -1.44. The number of hydrogen-bond acceptors (Lipinski definition) is 5. The average Bonchev–Trinajstić information content (AvgIpc) is 2.87. The minimum absolute atomic E-state index is 0.180. The Morgan fingerprint density at radius 3 is 3.11 bits per heavy atom. The van der Waals surface area contributed by atoms with E-state index in [9.17, 15) is 9.90 Å². The van der Waals surface area contributed by atoms with Crippen LogP contribution in [0.5, 0.6) is 0 Å². The third-order valence-electron chi connectivity index (χ3n) is 3.12. The summed E-state index contributed by atoms with van der Waals surface area (Å²) in [5.74, 6) is -0.997. The molecule has 2 rings (SSSR count). The van der Waals surface area contributed by atoms with E-state index in [1.165, 1.54) is 10.9 Å². The van der Waals surface area contributed by atoms with Crippen molar-refractivity contribution < 1.29 is 19.7 Å². The second kappa shape index (κ2) is 5.05. The Morgan fingerprint density at radius 1 is 1.72 bits per heavy atom. The number of hydrogen-bond donors (Lipinski definition) is 3. The smallest absolute Gasteiger partial charge is 0.339 e. The monoisotopic (exact) mass is 255 g/mol. The van der Waals surface area contributed by atoms with E-state index in [0.29, 0.717) is 38.4 Å². The highest BCUT2D eigenvalue weighted by molar-refractivity contribution is 5.88. The van der Waals surface area contributed by atoms with Gasteiger partial charge in [-0.15, -0.1) is 0 Å². The van der Waals surface area contributed by atoms with Gasteiger partial charge >= 0.3 is 5.97 Å². The summed E-state index contributed by atoms with van der Waals surface area (Å²) < 4.78 is 6.65. The van der Waals surface area contributed by atoms with Gasteiger partial charge in [0.1, 0.15) is 11.2 Å². The molecule has 1 aromatic heterocycles. The molecule has 3 N–H and O–H groups in total. The van der Waals surface area contributed by atoms with Gasteiger partial charge in [0.25, 0.3) is 0 Å².